The van der Waals surface area contributed by atoms with Gasteiger partial charge in [-0.15, -0.1) is 10.8 Å². The van der Waals surface area contributed by atoms with Crippen LogP contribution in [0.4, 0.5) is 0 Å². The lowest BCUT2D eigenvalue weighted by atomic mass is 10.0. The van der Waals surface area contributed by atoms with E-state index in [1.807, 2.05) is 12.2 Å². The first-order valence-electron chi connectivity index (χ1n) is 5.61. The van der Waals surface area contributed by atoms with Crippen molar-refractivity contribution in [2.75, 3.05) is 18.1 Å². The molecule has 0 saturated carbocycles. The van der Waals surface area contributed by atoms with Crippen LogP contribution >= 0.6 is 10.8 Å². The van der Waals surface area contributed by atoms with Gasteiger partial charge in [0.15, 0.2) is 5.75 Å². The van der Waals surface area contributed by atoms with Gasteiger partial charge in [0.1, 0.15) is 10.8 Å². The zero-order chi connectivity index (χ0) is 11.8. The van der Waals surface area contributed by atoms with Gasteiger partial charge in [-0.3, -0.25) is 0 Å². The molecule has 0 aromatic carbocycles. The van der Waals surface area contributed by atoms with E-state index in [4.69, 9.17) is 8.92 Å². The zero-order valence-electron chi connectivity index (χ0n) is 9.89. The standard InChI is InChI=1S/C12H21O2S2/c1-4-8-15-16(9-5-2)14-12-7-6-11(3)10-13-12/h4-5,11-12H,1-2,6-10H2,3H3/q+1. The predicted molar refractivity (Wildman–Crippen MR) is 74.3 cm³/mol. The van der Waals surface area contributed by atoms with Crippen molar-refractivity contribution in [2.24, 2.45) is 5.92 Å². The molecule has 0 N–H and O–H groups in total. The monoisotopic (exact) mass is 261 g/mol. The van der Waals surface area contributed by atoms with Crippen LogP contribution in [0.1, 0.15) is 19.8 Å². The fourth-order valence-electron chi connectivity index (χ4n) is 1.39. The molecule has 3 atom stereocenters. The van der Waals surface area contributed by atoms with Gasteiger partial charge in [-0.25, -0.2) is 0 Å². The number of rotatable bonds is 7. The van der Waals surface area contributed by atoms with Crippen molar-refractivity contribution in [3.05, 3.63) is 25.3 Å². The summed E-state index contributed by atoms with van der Waals surface area (Å²) in [5.74, 6) is 2.47. The molecule has 92 valence electrons. The van der Waals surface area contributed by atoms with E-state index in [0.717, 1.165) is 24.5 Å². The van der Waals surface area contributed by atoms with Crippen LogP contribution in [0.25, 0.3) is 0 Å². The summed E-state index contributed by atoms with van der Waals surface area (Å²) in [6.07, 6.45) is 6.00. The van der Waals surface area contributed by atoms with Gasteiger partial charge in [-0.05, 0) is 18.4 Å². The summed E-state index contributed by atoms with van der Waals surface area (Å²) >= 11 is 0. The Bertz CT molecular complexity index is 213. The molecule has 0 spiro atoms. The van der Waals surface area contributed by atoms with E-state index in [1.54, 1.807) is 10.8 Å². The molecule has 16 heavy (non-hydrogen) atoms. The lowest BCUT2D eigenvalue weighted by Gasteiger charge is -2.24. The van der Waals surface area contributed by atoms with Crippen molar-refractivity contribution in [3.8, 4) is 0 Å². The van der Waals surface area contributed by atoms with Gasteiger partial charge in [-0.2, -0.15) is 0 Å². The van der Waals surface area contributed by atoms with Gasteiger partial charge in [0.05, 0.1) is 12.4 Å². The zero-order valence-corrected chi connectivity index (χ0v) is 11.5. The largest absolute Gasteiger partial charge is 0.348 e. The van der Waals surface area contributed by atoms with E-state index in [0.29, 0.717) is 5.92 Å². The van der Waals surface area contributed by atoms with Crippen LogP contribution in [-0.2, 0) is 19.1 Å². The van der Waals surface area contributed by atoms with Crippen molar-refractivity contribution in [1.29, 1.82) is 0 Å². The summed E-state index contributed by atoms with van der Waals surface area (Å²) in [6.45, 7) is 10.5. The van der Waals surface area contributed by atoms with Gasteiger partial charge in [0.25, 0.3) is 0 Å². The van der Waals surface area contributed by atoms with Crippen LogP contribution in [0, 0.1) is 5.92 Å². The van der Waals surface area contributed by atoms with Gasteiger partial charge < -0.3 is 4.74 Å². The Morgan fingerprint density at radius 1 is 1.44 bits per heavy atom. The van der Waals surface area contributed by atoms with E-state index < -0.39 is 0 Å². The first-order valence-corrected chi connectivity index (χ1v) is 8.43. The fraction of sp³-hybridized carbons (Fsp3) is 0.667. The maximum absolute atomic E-state index is 5.93. The lowest BCUT2D eigenvalue weighted by Crippen LogP contribution is -2.28. The Labute approximate surface area is 105 Å². The predicted octanol–water partition coefficient (Wildman–Crippen LogP) is 3.33. The van der Waals surface area contributed by atoms with Gasteiger partial charge in [-0.1, -0.05) is 19.6 Å². The molecule has 0 radical (unpaired) electrons. The molecule has 2 nitrogen and oxygen atoms in total. The second-order valence-electron chi connectivity index (χ2n) is 3.87. The molecule has 1 aliphatic heterocycles. The van der Waals surface area contributed by atoms with Crippen LogP contribution in [-0.4, -0.2) is 24.4 Å². The summed E-state index contributed by atoms with van der Waals surface area (Å²) in [6, 6.07) is 0. The van der Waals surface area contributed by atoms with E-state index in [2.05, 4.69) is 20.1 Å². The first kappa shape index (κ1) is 14.2. The summed E-state index contributed by atoms with van der Waals surface area (Å²) in [4.78, 5) is 0. The van der Waals surface area contributed by atoms with Crippen LogP contribution in [0.3, 0.4) is 0 Å². The highest BCUT2D eigenvalue weighted by molar-refractivity contribution is 8.72. The molecule has 1 heterocycles. The van der Waals surface area contributed by atoms with Crippen molar-refractivity contribution < 1.29 is 8.92 Å². The first-order chi connectivity index (χ1) is 7.76. The van der Waals surface area contributed by atoms with Crippen molar-refractivity contribution >= 4 is 21.0 Å². The quantitative estimate of drug-likeness (QED) is 0.398. The van der Waals surface area contributed by atoms with Crippen LogP contribution < -0.4 is 0 Å². The minimum Gasteiger partial charge on any atom is -0.348 e. The molecule has 0 bridgehead atoms. The molecule has 0 aromatic rings. The fourth-order valence-corrected chi connectivity index (χ4v) is 4.20. The van der Waals surface area contributed by atoms with Crippen LogP contribution in [0.15, 0.2) is 25.3 Å². The molecule has 0 amide bonds. The Kier molecular flexibility index (Phi) is 7.28. The van der Waals surface area contributed by atoms with Gasteiger partial charge in [0.2, 0.25) is 16.5 Å². The Morgan fingerprint density at radius 3 is 2.81 bits per heavy atom. The number of ether oxygens (including phenoxy) is 1. The molecule has 1 saturated heterocycles. The molecule has 1 fully saturated rings. The number of hydrogen-bond acceptors (Lipinski definition) is 3. The van der Waals surface area contributed by atoms with Crippen LogP contribution in [0.5, 0.6) is 0 Å². The molecule has 0 aromatic heterocycles. The summed E-state index contributed by atoms with van der Waals surface area (Å²) in [5, 5.41) is 0. The van der Waals surface area contributed by atoms with Crippen molar-refractivity contribution in [2.45, 2.75) is 26.1 Å². The minimum atomic E-state index is -0.131. The normalized spacial score (nSPS) is 27.3. The Hall–Kier alpha value is 0.1000. The molecule has 3 unspecified atom stereocenters. The smallest absolute Gasteiger partial charge is 0.225 e. The van der Waals surface area contributed by atoms with Gasteiger partial charge >= 0.3 is 0 Å². The minimum absolute atomic E-state index is 0.0169. The molecular formula is C12H21O2S2+. The molecule has 0 aliphatic carbocycles. The third-order valence-electron chi connectivity index (χ3n) is 2.25. The highest BCUT2D eigenvalue weighted by atomic mass is 33.1. The third kappa shape index (κ3) is 5.43. The topological polar surface area (TPSA) is 18.5 Å². The number of hydrogen-bond donors (Lipinski definition) is 0. The second kappa shape index (κ2) is 8.23. The third-order valence-corrected chi connectivity index (χ3v) is 5.66. The highest BCUT2D eigenvalue weighted by Gasteiger charge is 2.29. The van der Waals surface area contributed by atoms with E-state index in [-0.39, 0.29) is 16.5 Å². The van der Waals surface area contributed by atoms with Crippen LogP contribution in [0.2, 0.25) is 0 Å². The SMILES string of the molecule is C=CCS[S+](CC=C)OC1CCC(C)CO1. The molecule has 4 heteroatoms. The molecule has 1 rings (SSSR count). The average molecular weight is 261 g/mol. The van der Waals surface area contributed by atoms with E-state index in [1.165, 1.54) is 6.42 Å². The average Bonchev–Trinajstić information content (AvgIpc) is 2.29. The van der Waals surface area contributed by atoms with Crippen molar-refractivity contribution in [1.82, 2.24) is 0 Å². The molecule has 1 aliphatic rings. The lowest BCUT2D eigenvalue weighted by molar-refractivity contribution is -0.113. The second-order valence-corrected chi connectivity index (χ2v) is 7.40. The maximum atomic E-state index is 5.93. The van der Waals surface area contributed by atoms with Gasteiger partial charge in [0, 0.05) is 6.42 Å². The molecular weight excluding hydrogens is 240 g/mol. The summed E-state index contributed by atoms with van der Waals surface area (Å²) in [7, 11) is 1.65. The maximum Gasteiger partial charge on any atom is 0.225 e. The summed E-state index contributed by atoms with van der Waals surface area (Å²) in [5.41, 5.74) is 0. The van der Waals surface area contributed by atoms with E-state index >= 15 is 0 Å². The van der Waals surface area contributed by atoms with Crippen molar-refractivity contribution in [3.63, 3.8) is 0 Å². The van der Waals surface area contributed by atoms with E-state index in [9.17, 15) is 0 Å². The summed E-state index contributed by atoms with van der Waals surface area (Å²) < 4.78 is 11.6. The highest BCUT2D eigenvalue weighted by Crippen LogP contribution is 2.26. The Morgan fingerprint density at radius 2 is 2.25 bits per heavy atom. The Balaban J connectivity index is 2.29.